The summed E-state index contributed by atoms with van der Waals surface area (Å²) in [5, 5.41) is 9.46. The lowest BCUT2D eigenvalue weighted by Gasteiger charge is -2.12. The SMILES string of the molecule is CN(C)c1cc(C(=O)C(C#N)c2nc3ccccc3[nH]2)ccn1. The first-order valence-corrected chi connectivity index (χ1v) is 7.12. The summed E-state index contributed by atoms with van der Waals surface area (Å²) in [4.78, 5) is 26.1. The Labute approximate surface area is 133 Å². The van der Waals surface area contributed by atoms with Gasteiger partial charge in [-0.1, -0.05) is 12.1 Å². The van der Waals surface area contributed by atoms with Crippen LogP contribution in [0.15, 0.2) is 42.6 Å². The van der Waals surface area contributed by atoms with E-state index in [1.807, 2.05) is 44.4 Å². The molecule has 0 bridgehead atoms. The third-order valence-electron chi connectivity index (χ3n) is 3.56. The van der Waals surface area contributed by atoms with Crippen LogP contribution >= 0.6 is 0 Å². The minimum atomic E-state index is -0.972. The Morgan fingerprint density at radius 1 is 1.30 bits per heavy atom. The molecule has 0 amide bonds. The van der Waals surface area contributed by atoms with Gasteiger partial charge in [0.05, 0.1) is 17.1 Å². The molecule has 1 unspecified atom stereocenters. The minimum Gasteiger partial charge on any atom is -0.363 e. The van der Waals surface area contributed by atoms with Gasteiger partial charge in [-0.3, -0.25) is 4.79 Å². The molecular formula is C17H15N5O. The van der Waals surface area contributed by atoms with Crippen molar-refractivity contribution in [2.45, 2.75) is 5.92 Å². The van der Waals surface area contributed by atoms with E-state index >= 15 is 0 Å². The van der Waals surface area contributed by atoms with E-state index in [1.165, 1.54) is 0 Å². The Morgan fingerprint density at radius 2 is 2.09 bits per heavy atom. The minimum absolute atomic E-state index is 0.294. The first kappa shape index (κ1) is 14.7. The van der Waals surface area contributed by atoms with Crippen molar-refractivity contribution in [1.82, 2.24) is 15.0 Å². The van der Waals surface area contributed by atoms with Gasteiger partial charge in [-0.05, 0) is 24.3 Å². The Hall–Kier alpha value is -3.20. The van der Waals surface area contributed by atoms with Crippen molar-refractivity contribution in [3.63, 3.8) is 0 Å². The number of ketones is 1. The van der Waals surface area contributed by atoms with E-state index in [2.05, 4.69) is 15.0 Å². The van der Waals surface area contributed by atoms with Gasteiger partial charge in [0.25, 0.3) is 0 Å². The molecule has 1 N–H and O–H groups in total. The summed E-state index contributed by atoms with van der Waals surface area (Å²) in [6.07, 6.45) is 1.57. The monoisotopic (exact) mass is 305 g/mol. The highest BCUT2D eigenvalue weighted by Crippen LogP contribution is 2.22. The molecule has 2 aromatic heterocycles. The van der Waals surface area contributed by atoms with Crippen LogP contribution < -0.4 is 4.90 Å². The molecule has 0 radical (unpaired) electrons. The molecule has 0 fully saturated rings. The molecule has 114 valence electrons. The second-order valence-electron chi connectivity index (χ2n) is 5.36. The number of anilines is 1. The van der Waals surface area contributed by atoms with Crippen molar-refractivity contribution in [3.8, 4) is 6.07 Å². The predicted molar refractivity (Wildman–Crippen MR) is 87.3 cm³/mol. The number of rotatable bonds is 4. The average molecular weight is 305 g/mol. The summed E-state index contributed by atoms with van der Waals surface area (Å²) in [6, 6.07) is 12.8. The molecular weight excluding hydrogens is 290 g/mol. The molecule has 0 spiro atoms. The van der Waals surface area contributed by atoms with Gasteiger partial charge in [-0.25, -0.2) is 9.97 Å². The number of aromatic amines is 1. The van der Waals surface area contributed by atoms with Gasteiger partial charge in [0.15, 0.2) is 11.7 Å². The molecule has 1 aromatic carbocycles. The van der Waals surface area contributed by atoms with E-state index in [0.29, 0.717) is 17.2 Å². The molecule has 0 saturated carbocycles. The van der Waals surface area contributed by atoms with Crippen molar-refractivity contribution in [3.05, 3.63) is 54.0 Å². The van der Waals surface area contributed by atoms with Crippen LogP contribution in [0.1, 0.15) is 22.1 Å². The van der Waals surface area contributed by atoms with E-state index < -0.39 is 5.92 Å². The van der Waals surface area contributed by atoms with Gasteiger partial charge < -0.3 is 9.88 Å². The molecule has 23 heavy (non-hydrogen) atoms. The van der Waals surface area contributed by atoms with E-state index in [-0.39, 0.29) is 5.78 Å². The summed E-state index contributed by atoms with van der Waals surface area (Å²) < 4.78 is 0. The fraction of sp³-hybridized carbons (Fsp3) is 0.176. The lowest BCUT2D eigenvalue weighted by molar-refractivity contribution is 0.0976. The Bertz CT molecular complexity index is 873. The van der Waals surface area contributed by atoms with Crippen LogP contribution in [0.25, 0.3) is 11.0 Å². The Morgan fingerprint density at radius 3 is 2.78 bits per heavy atom. The highest BCUT2D eigenvalue weighted by molar-refractivity contribution is 6.03. The van der Waals surface area contributed by atoms with Gasteiger partial charge in [0, 0.05) is 25.9 Å². The summed E-state index contributed by atoms with van der Waals surface area (Å²) in [5.74, 6) is -0.240. The second-order valence-corrected chi connectivity index (χ2v) is 5.36. The summed E-state index contributed by atoms with van der Waals surface area (Å²) >= 11 is 0. The maximum absolute atomic E-state index is 12.7. The zero-order chi connectivity index (χ0) is 16.4. The number of para-hydroxylation sites is 2. The number of Topliss-reactive ketones (excluding diaryl/α,β-unsaturated/α-hetero) is 1. The summed E-state index contributed by atoms with van der Waals surface area (Å²) in [6.45, 7) is 0. The summed E-state index contributed by atoms with van der Waals surface area (Å²) in [7, 11) is 3.69. The number of benzene rings is 1. The van der Waals surface area contributed by atoms with Crippen LogP contribution in [-0.2, 0) is 0 Å². The fourth-order valence-electron chi connectivity index (χ4n) is 2.34. The third kappa shape index (κ3) is 2.77. The highest BCUT2D eigenvalue weighted by atomic mass is 16.1. The number of nitriles is 1. The van der Waals surface area contributed by atoms with Crippen LogP contribution in [0.4, 0.5) is 5.82 Å². The van der Waals surface area contributed by atoms with Crippen molar-refractivity contribution in [1.29, 1.82) is 5.26 Å². The molecule has 6 nitrogen and oxygen atoms in total. The molecule has 1 atom stereocenters. The number of nitrogens with one attached hydrogen (secondary N) is 1. The van der Waals surface area contributed by atoms with Crippen molar-refractivity contribution >= 4 is 22.6 Å². The van der Waals surface area contributed by atoms with Gasteiger partial charge in [0.2, 0.25) is 0 Å². The van der Waals surface area contributed by atoms with Gasteiger partial charge in [0.1, 0.15) is 11.6 Å². The zero-order valence-electron chi connectivity index (χ0n) is 12.8. The lowest BCUT2D eigenvalue weighted by Crippen LogP contribution is -2.15. The topological polar surface area (TPSA) is 85.7 Å². The largest absolute Gasteiger partial charge is 0.363 e. The van der Waals surface area contributed by atoms with Crippen molar-refractivity contribution in [2.75, 3.05) is 19.0 Å². The number of pyridine rings is 1. The number of nitrogens with zero attached hydrogens (tertiary/aromatic N) is 4. The standard InChI is InChI=1S/C17H15N5O/c1-22(2)15-9-11(7-8-19-15)16(23)12(10-18)17-20-13-5-3-4-6-14(13)21-17/h3-9,12H,1-2H3,(H,20,21). The van der Waals surface area contributed by atoms with Crippen LogP contribution in [0, 0.1) is 11.3 Å². The van der Waals surface area contributed by atoms with Gasteiger partial charge >= 0.3 is 0 Å². The smallest absolute Gasteiger partial charge is 0.187 e. The average Bonchev–Trinajstić information content (AvgIpc) is 2.99. The number of carbonyl (C=O) groups excluding carboxylic acids is 1. The van der Waals surface area contributed by atoms with Gasteiger partial charge in [-0.15, -0.1) is 0 Å². The predicted octanol–water partition coefficient (Wildman–Crippen LogP) is 2.51. The Balaban J connectivity index is 1.99. The maximum Gasteiger partial charge on any atom is 0.187 e. The van der Waals surface area contributed by atoms with Gasteiger partial charge in [-0.2, -0.15) is 5.26 Å². The number of aromatic nitrogens is 3. The number of hydrogen-bond donors (Lipinski definition) is 1. The quantitative estimate of drug-likeness (QED) is 0.748. The number of H-pyrrole nitrogens is 1. The number of carbonyl (C=O) groups is 1. The first-order valence-electron chi connectivity index (χ1n) is 7.12. The maximum atomic E-state index is 12.7. The normalized spacial score (nSPS) is 11.9. The molecule has 3 rings (SSSR count). The van der Waals surface area contributed by atoms with E-state index in [4.69, 9.17) is 0 Å². The van der Waals surface area contributed by atoms with Crippen LogP contribution in [-0.4, -0.2) is 34.8 Å². The van der Waals surface area contributed by atoms with E-state index in [1.54, 1.807) is 23.2 Å². The molecule has 0 aliphatic heterocycles. The molecule has 0 aliphatic rings. The second kappa shape index (κ2) is 5.89. The first-order chi connectivity index (χ1) is 11.1. The molecule has 2 heterocycles. The number of hydrogen-bond acceptors (Lipinski definition) is 5. The van der Waals surface area contributed by atoms with Crippen molar-refractivity contribution < 1.29 is 4.79 Å². The highest BCUT2D eigenvalue weighted by Gasteiger charge is 2.25. The number of fused-ring (bicyclic) bond motifs is 1. The fourth-order valence-corrected chi connectivity index (χ4v) is 2.34. The molecule has 0 aliphatic carbocycles. The molecule has 6 heteroatoms. The van der Waals surface area contributed by atoms with E-state index in [0.717, 1.165) is 11.0 Å². The van der Waals surface area contributed by atoms with E-state index in [9.17, 15) is 10.1 Å². The van der Waals surface area contributed by atoms with Crippen LogP contribution in [0.3, 0.4) is 0 Å². The number of imidazole rings is 1. The summed E-state index contributed by atoms with van der Waals surface area (Å²) in [5.41, 5.74) is 1.98. The molecule has 3 aromatic rings. The third-order valence-corrected chi connectivity index (χ3v) is 3.56. The molecule has 0 saturated heterocycles. The van der Waals surface area contributed by atoms with Crippen LogP contribution in [0.2, 0.25) is 0 Å². The zero-order valence-corrected chi connectivity index (χ0v) is 12.8. The van der Waals surface area contributed by atoms with Crippen molar-refractivity contribution in [2.24, 2.45) is 0 Å². The lowest BCUT2D eigenvalue weighted by atomic mass is 9.99. The van der Waals surface area contributed by atoms with Crippen LogP contribution in [0.5, 0.6) is 0 Å². The Kier molecular flexibility index (Phi) is 3.77.